The maximum Gasteiger partial charge on any atom is 0.251 e. The van der Waals surface area contributed by atoms with Crippen LogP contribution in [0.5, 0.6) is 5.75 Å². The average molecular weight is 425 g/mol. The van der Waals surface area contributed by atoms with Gasteiger partial charge in [-0.2, -0.15) is 0 Å². The van der Waals surface area contributed by atoms with Crippen molar-refractivity contribution in [3.63, 3.8) is 0 Å². The lowest BCUT2D eigenvalue weighted by atomic mass is 9.92. The van der Waals surface area contributed by atoms with E-state index < -0.39 is 5.54 Å². The molecule has 0 aliphatic carbocycles. The Morgan fingerprint density at radius 2 is 1.90 bits per heavy atom. The number of fused-ring (bicyclic) bond motifs is 1. The van der Waals surface area contributed by atoms with Crippen LogP contribution in [-0.4, -0.2) is 25.6 Å². The van der Waals surface area contributed by atoms with Gasteiger partial charge in [-0.05, 0) is 63.1 Å². The first-order valence-electron chi connectivity index (χ1n) is 10.1. The van der Waals surface area contributed by atoms with Gasteiger partial charge in [0.1, 0.15) is 29.5 Å². The second-order valence-corrected chi connectivity index (χ2v) is 8.30. The summed E-state index contributed by atoms with van der Waals surface area (Å²) in [5.74, 6) is 0.638. The Bertz CT molecular complexity index is 1070. The van der Waals surface area contributed by atoms with E-state index in [4.69, 9.17) is 9.47 Å². The van der Waals surface area contributed by atoms with E-state index in [0.717, 1.165) is 28.1 Å². The van der Waals surface area contributed by atoms with E-state index in [-0.39, 0.29) is 18.3 Å². The topological polar surface area (TPSA) is 50.8 Å². The van der Waals surface area contributed by atoms with Crippen LogP contribution in [0.3, 0.4) is 0 Å². The highest BCUT2D eigenvalue weighted by Crippen LogP contribution is 2.44. The molecule has 164 valence electrons. The van der Waals surface area contributed by atoms with Gasteiger partial charge in [0.2, 0.25) is 0 Å². The van der Waals surface area contributed by atoms with Crippen molar-refractivity contribution in [2.24, 2.45) is 0 Å². The van der Waals surface area contributed by atoms with Crippen molar-refractivity contribution in [2.75, 3.05) is 24.4 Å². The van der Waals surface area contributed by atoms with Gasteiger partial charge in [0.25, 0.3) is 5.91 Å². The molecule has 5 nitrogen and oxygen atoms in total. The zero-order valence-corrected chi connectivity index (χ0v) is 18.9. The van der Waals surface area contributed by atoms with Crippen molar-refractivity contribution >= 4 is 17.3 Å². The molecular formula is C25H29FN2O3. The normalized spacial score (nSPS) is 14.4. The summed E-state index contributed by atoms with van der Waals surface area (Å²) < 4.78 is 25.4. The number of halogens is 1. The molecule has 0 spiro atoms. The van der Waals surface area contributed by atoms with Crippen LogP contribution < -0.4 is 15.0 Å². The monoisotopic (exact) mass is 424 g/mol. The van der Waals surface area contributed by atoms with Gasteiger partial charge in [0, 0.05) is 24.2 Å². The van der Waals surface area contributed by atoms with Crippen LogP contribution >= 0.6 is 0 Å². The Morgan fingerprint density at radius 3 is 2.52 bits per heavy atom. The fourth-order valence-corrected chi connectivity index (χ4v) is 3.87. The number of methoxy groups -OCH3 is 1. The van der Waals surface area contributed by atoms with Crippen LogP contribution in [-0.2, 0) is 16.1 Å². The van der Waals surface area contributed by atoms with Gasteiger partial charge in [-0.25, -0.2) is 4.39 Å². The molecule has 1 N–H and O–H groups in total. The molecule has 0 saturated carbocycles. The molecular weight excluding hydrogens is 395 g/mol. The number of nitrogens with one attached hydrogen (secondary N) is 1. The number of nitrogens with zero attached hydrogens (tertiary/aromatic N) is 1. The third-order valence-electron chi connectivity index (χ3n) is 5.41. The summed E-state index contributed by atoms with van der Waals surface area (Å²) in [6, 6.07) is 8.29. The van der Waals surface area contributed by atoms with E-state index in [1.54, 1.807) is 24.1 Å². The molecule has 0 aromatic heterocycles. The van der Waals surface area contributed by atoms with E-state index in [0.29, 0.717) is 17.1 Å². The summed E-state index contributed by atoms with van der Waals surface area (Å²) in [6.45, 7) is 11.6. The number of anilines is 2. The van der Waals surface area contributed by atoms with Crippen LogP contribution in [0.25, 0.3) is 11.1 Å². The lowest BCUT2D eigenvalue weighted by Crippen LogP contribution is -2.52. The summed E-state index contributed by atoms with van der Waals surface area (Å²) in [6.07, 6.45) is 1.67. The first kappa shape index (κ1) is 22.4. The number of ether oxygens (including phenoxy) is 2. The van der Waals surface area contributed by atoms with Crippen LogP contribution in [0, 0.1) is 5.82 Å². The van der Waals surface area contributed by atoms with Crippen molar-refractivity contribution in [1.82, 2.24) is 0 Å². The third kappa shape index (κ3) is 4.15. The van der Waals surface area contributed by atoms with E-state index >= 15 is 0 Å². The second-order valence-electron chi connectivity index (χ2n) is 8.30. The Balaban J connectivity index is 2.24. The summed E-state index contributed by atoms with van der Waals surface area (Å²) >= 11 is 0. The summed E-state index contributed by atoms with van der Waals surface area (Å²) in [7, 11) is 3.26. The van der Waals surface area contributed by atoms with Crippen LogP contribution in [0.1, 0.15) is 33.3 Å². The van der Waals surface area contributed by atoms with Crippen molar-refractivity contribution < 1.29 is 18.7 Å². The molecule has 1 aliphatic heterocycles. The maximum absolute atomic E-state index is 13.8. The average Bonchev–Trinajstić information content (AvgIpc) is 2.72. The van der Waals surface area contributed by atoms with Crippen molar-refractivity contribution in [3.8, 4) is 16.9 Å². The highest BCUT2D eigenvalue weighted by atomic mass is 19.1. The maximum atomic E-state index is 13.8. The molecule has 0 saturated heterocycles. The number of carbonyl (C=O) groups is 1. The quantitative estimate of drug-likeness (QED) is 0.480. The molecule has 0 fully saturated rings. The number of likely N-dealkylation sites (N-methyl/N-ethyl adjacent to an activating group) is 1. The van der Waals surface area contributed by atoms with Gasteiger partial charge >= 0.3 is 0 Å². The SMILES string of the molecule is C=CC(OCc1c(-c2ccc(F)cc2OC)ccc2c1N(C)C(=O)C(C)(C)N2)=C(C)C. The third-order valence-corrected chi connectivity index (χ3v) is 5.41. The molecule has 2 aromatic rings. The van der Waals surface area contributed by atoms with Gasteiger partial charge in [0.15, 0.2) is 0 Å². The van der Waals surface area contributed by atoms with Crippen LogP contribution in [0.2, 0.25) is 0 Å². The Labute approximate surface area is 183 Å². The number of carbonyl (C=O) groups excluding carboxylic acids is 1. The minimum absolute atomic E-state index is 0.0596. The highest BCUT2D eigenvalue weighted by Gasteiger charge is 2.38. The molecule has 0 bridgehead atoms. The standard InChI is InChI=1S/C25H29FN2O3/c1-8-21(15(2)3)31-14-19-17(18-10-9-16(26)13-22(18)30-7)11-12-20-23(19)28(6)24(29)25(4,5)27-20/h8-13,27H,1,14H2,2-7H3. The van der Waals surface area contributed by atoms with Crippen molar-refractivity contribution in [1.29, 1.82) is 0 Å². The first-order chi connectivity index (χ1) is 14.6. The smallest absolute Gasteiger partial charge is 0.251 e. The number of hydrogen-bond acceptors (Lipinski definition) is 4. The predicted molar refractivity (Wildman–Crippen MR) is 123 cm³/mol. The lowest BCUT2D eigenvalue weighted by molar-refractivity contribution is -0.121. The van der Waals surface area contributed by atoms with Crippen LogP contribution in [0.15, 0.2) is 54.3 Å². The molecule has 0 radical (unpaired) electrons. The number of rotatable bonds is 6. The molecule has 0 atom stereocenters. The van der Waals surface area contributed by atoms with Crippen molar-refractivity contribution in [2.45, 2.75) is 39.8 Å². The number of amides is 1. The van der Waals surface area contributed by atoms with E-state index in [9.17, 15) is 9.18 Å². The predicted octanol–water partition coefficient (Wildman–Crippen LogP) is 5.66. The lowest BCUT2D eigenvalue weighted by Gasteiger charge is -2.39. The Kier molecular flexibility index (Phi) is 6.11. The van der Waals surface area contributed by atoms with Gasteiger partial charge in [-0.15, -0.1) is 0 Å². The molecule has 6 heteroatoms. The second kappa shape index (κ2) is 8.46. The van der Waals surface area contributed by atoms with Gasteiger partial charge in [0.05, 0.1) is 18.5 Å². The highest BCUT2D eigenvalue weighted by molar-refractivity contribution is 6.08. The molecule has 3 rings (SSSR count). The molecule has 1 heterocycles. The zero-order chi connectivity index (χ0) is 22.9. The fourth-order valence-electron chi connectivity index (χ4n) is 3.87. The van der Waals surface area contributed by atoms with Gasteiger partial charge < -0.3 is 19.7 Å². The van der Waals surface area contributed by atoms with E-state index in [1.165, 1.54) is 19.2 Å². The summed E-state index contributed by atoms with van der Waals surface area (Å²) in [5.41, 5.74) is 4.12. The van der Waals surface area contributed by atoms with E-state index in [1.807, 2.05) is 39.8 Å². The van der Waals surface area contributed by atoms with Gasteiger partial charge in [-0.1, -0.05) is 12.6 Å². The fraction of sp³-hybridized carbons (Fsp3) is 0.320. The van der Waals surface area contributed by atoms with Gasteiger partial charge in [-0.3, -0.25) is 4.79 Å². The number of hydrogen-bond donors (Lipinski definition) is 1. The summed E-state index contributed by atoms with van der Waals surface area (Å²) in [4.78, 5) is 14.7. The van der Waals surface area contributed by atoms with Crippen LogP contribution in [0.4, 0.5) is 15.8 Å². The summed E-state index contributed by atoms with van der Waals surface area (Å²) in [5, 5.41) is 3.33. The molecule has 1 aliphatic rings. The minimum atomic E-state index is -0.735. The Morgan fingerprint density at radius 1 is 1.23 bits per heavy atom. The minimum Gasteiger partial charge on any atom is -0.496 e. The molecule has 1 amide bonds. The zero-order valence-electron chi connectivity index (χ0n) is 18.9. The molecule has 31 heavy (non-hydrogen) atoms. The number of allylic oxidation sites excluding steroid dienone is 2. The Hall–Kier alpha value is -3.28. The largest absolute Gasteiger partial charge is 0.496 e. The van der Waals surface area contributed by atoms with E-state index in [2.05, 4.69) is 11.9 Å². The van der Waals surface area contributed by atoms with Crippen molar-refractivity contribution in [3.05, 3.63) is 65.7 Å². The number of benzene rings is 2. The first-order valence-corrected chi connectivity index (χ1v) is 10.1. The molecule has 0 unspecified atom stereocenters. The molecule has 2 aromatic carbocycles.